The smallest absolute Gasteiger partial charge is 0.425 e. The molecule has 0 bridgehead atoms. The van der Waals surface area contributed by atoms with E-state index in [1.807, 2.05) is 0 Å². The number of rotatable bonds is 36. The lowest BCUT2D eigenvalue weighted by atomic mass is 9.80. The average molecular weight is 1280 g/mol. The Labute approximate surface area is 529 Å². The van der Waals surface area contributed by atoms with Crippen LogP contribution in [0.5, 0.6) is 11.5 Å². The molecule has 490 valence electrons. The Morgan fingerprint density at radius 3 is 1.79 bits per heavy atom. The van der Waals surface area contributed by atoms with Crippen LogP contribution in [0.4, 0.5) is 11.4 Å². The number of aryl methyl sites for hydroxylation is 1. The molecule has 4 aromatic rings. The Bertz CT molecular complexity index is 3420. The number of carboxylic acid groups (broad SMARTS) is 2. The third-order valence-corrected chi connectivity index (χ3v) is 14.0. The first-order valence-electron chi connectivity index (χ1n) is 29.3. The van der Waals surface area contributed by atoms with E-state index < -0.39 is 48.2 Å². The molecule has 2 atom stereocenters. The minimum atomic E-state index is -3.11. The number of nitrogens with one attached hydrogen (secondary N) is 3. The molecule has 0 spiro atoms. The van der Waals surface area contributed by atoms with E-state index in [1.165, 1.54) is 45.5 Å². The summed E-state index contributed by atoms with van der Waals surface area (Å²) in [6, 6.07) is 28.4. The van der Waals surface area contributed by atoms with Gasteiger partial charge in [0.1, 0.15) is 44.5 Å². The number of fused-ring (bicyclic) bond motifs is 2. The largest absolute Gasteiger partial charge is 0.491 e. The lowest BCUT2D eigenvalue weighted by Crippen LogP contribution is -2.34. The predicted molar refractivity (Wildman–Crippen MR) is 337 cm³/mol. The zero-order chi connectivity index (χ0) is 66.8. The molecule has 2 unspecified atom stereocenters. The van der Waals surface area contributed by atoms with E-state index in [9.17, 15) is 24.0 Å². The first-order valence-corrected chi connectivity index (χ1v) is 30.3. The molecule has 0 aliphatic carbocycles. The van der Waals surface area contributed by atoms with Crippen molar-refractivity contribution in [3.05, 3.63) is 164 Å². The van der Waals surface area contributed by atoms with Crippen molar-refractivity contribution in [2.45, 2.75) is 90.5 Å². The van der Waals surface area contributed by atoms with E-state index in [0.717, 1.165) is 32.4 Å². The van der Waals surface area contributed by atoms with Gasteiger partial charge in [-0.2, -0.15) is 4.58 Å². The van der Waals surface area contributed by atoms with Gasteiger partial charge in [0.2, 0.25) is 11.6 Å². The second kappa shape index (κ2) is 39.1. The van der Waals surface area contributed by atoms with E-state index in [-0.39, 0.29) is 74.7 Å². The number of hydrogen-bond donors (Lipinski definition) is 6. The van der Waals surface area contributed by atoms with E-state index in [2.05, 4.69) is 148 Å². The van der Waals surface area contributed by atoms with Gasteiger partial charge in [-0.05, 0) is 112 Å². The van der Waals surface area contributed by atoms with Crippen LogP contribution in [-0.2, 0) is 54.8 Å². The van der Waals surface area contributed by atoms with Gasteiger partial charge in [-0.25, -0.2) is 9.59 Å². The summed E-state index contributed by atoms with van der Waals surface area (Å²) in [6.07, 6.45) is 7.89. The summed E-state index contributed by atoms with van der Waals surface area (Å²) in [5.41, 5.74) is 32.2. The summed E-state index contributed by atoms with van der Waals surface area (Å²) in [6.45, 7) is 15.5. The van der Waals surface area contributed by atoms with Crippen LogP contribution in [0.2, 0.25) is 0 Å². The molecule has 0 fully saturated rings. The topological polar surface area (TPSA) is 398 Å². The molecule has 7 N–H and O–H groups in total. The fourth-order valence-corrected chi connectivity index (χ4v) is 9.77. The number of anilines is 1. The van der Waals surface area contributed by atoms with Crippen LogP contribution in [0.25, 0.3) is 20.9 Å². The van der Waals surface area contributed by atoms with Crippen LogP contribution in [0.3, 0.4) is 0 Å². The lowest BCUT2D eigenvalue weighted by Gasteiger charge is -2.25. The maximum Gasteiger partial charge on any atom is 0.425 e. The molecular weight excluding hydrogens is 1200 g/mol. The number of azide groups is 2. The van der Waals surface area contributed by atoms with Crippen LogP contribution < -0.4 is 36.1 Å². The molecule has 0 radical (unpaired) electrons. The molecule has 0 aromatic heterocycles. The zero-order valence-electron chi connectivity index (χ0n) is 51.9. The van der Waals surface area contributed by atoms with Gasteiger partial charge in [-0.3, -0.25) is 14.4 Å². The maximum atomic E-state index is 12.8. The molecular formula is C62H81N12O16S+. The van der Waals surface area contributed by atoms with Crippen LogP contribution >= 0.6 is 0 Å². The van der Waals surface area contributed by atoms with Crippen LogP contribution in [0.1, 0.15) is 97.7 Å². The normalized spacial score (nSPS) is 14.2. The lowest BCUT2D eigenvalue weighted by molar-refractivity contribution is -0.438. The molecule has 2 aliphatic rings. The fraction of sp³-hybridized carbons (Fsp3) is 0.452. The van der Waals surface area contributed by atoms with E-state index >= 15 is 0 Å². The molecule has 0 saturated heterocycles. The summed E-state index contributed by atoms with van der Waals surface area (Å²) in [5, 5.41) is 32.4. The molecule has 2 heterocycles. The second-order valence-corrected chi connectivity index (χ2v) is 21.7. The van der Waals surface area contributed by atoms with Crippen molar-refractivity contribution < 1.29 is 79.8 Å². The van der Waals surface area contributed by atoms with Crippen molar-refractivity contribution in [3.8, 4) is 11.5 Å². The molecule has 4 aromatic carbocycles. The molecule has 3 amide bonds. The number of likely N-dealkylation sites (N-methyl/N-ethyl adjacent to an activating group) is 1. The Balaban J connectivity index is 0.000000489. The predicted octanol–water partition coefficient (Wildman–Crippen LogP) is 7.37. The van der Waals surface area contributed by atoms with Crippen molar-refractivity contribution in [3.63, 3.8) is 0 Å². The maximum absolute atomic E-state index is 12.8. The molecule has 28 nitrogen and oxygen atoms in total. The summed E-state index contributed by atoms with van der Waals surface area (Å²) in [7, 11) is -3.11. The van der Waals surface area contributed by atoms with Crippen LogP contribution in [0.15, 0.2) is 125 Å². The standard InChI is InChI=1S/C47H59N7O7.C15H21N5O6.O3S/c1-7-53-38-18-11-10-17-36(38)46(3,4)40(53)19-14-20-41-47(5,6)37-29-33(2)22-23-39(37)54(41)26-12-8-9-21-42(55)49-24-25-50-45(58)34-15-13-16-35(30-34)61-31-43(51-52-48)60-28-27-59-32-44(56)57;16-4-5-18-15(23)11-2-1-3-12(8-11)26-9-13(19-20-17)25-7-6-24-10-14(21)22;1-4(2)3/h10-11,13-20,22-23,29-30,43H,7-9,12,21,24-28,31-32H2,1-6H3,(H2-,49,50,55,56,57,58);1-3,8,13H,4-7,9-10,16H2,(H,18,23)(H,21,22);/p+1. The highest BCUT2D eigenvalue weighted by molar-refractivity contribution is 7.59. The number of unbranched alkanes of at least 4 members (excludes halogenated alkanes) is 2. The summed E-state index contributed by atoms with van der Waals surface area (Å²) in [5.74, 6) is -2.10. The Morgan fingerprint density at radius 1 is 0.703 bits per heavy atom. The van der Waals surface area contributed by atoms with Gasteiger partial charge >= 0.3 is 22.5 Å². The first kappa shape index (κ1) is 74.3. The zero-order valence-corrected chi connectivity index (χ0v) is 52.8. The number of carbonyl (C=O) groups excluding carboxylic acids is 3. The van der Waals surface area contributed by atoms with Crippen LogP contribution in [-0.4, -0.2) is 167 Å². The molecule has 2 aliphatic heterocycles. The number of hydrogen-bond acceptors (Lipinski definition) is 18. The second-order valence-electron chi connectivity index (χ2n) is 21.3. The summed E-state index contributed by atoms with van der Waals surface area (Å²) >= 11 is 0. The SMILES string of the molecule is CCN1/C(=C/C=C/C2=[N+](CCCCCC(=O)NCCNC(=O)c3cccc(OCC(N=[N+]=[N-])OCCOCC(=O)O)c3)c3ccc(C)cc3C2(C)C)C(C)(C)c2ccccc21.O=S(=O)=O.[N-]=[N+]=NC(COc1cccc(C(=O)NCCN)c1)OCCOCC(=O)O. The first-order chi connectivity index (χ1) is 43.6. The van der Waals surface area contributed by atoms with E-state index in [1.54, 1.807) is 42.5 Å². The van der Waals surface area contributed by atoms with E-state index in [0.29, 0.717) is 48.7 Å². The number of nitrogens with zero attached hydrogens (tertiary/aromatic N) is 8. The number of aliphatic carboxylic acids is 2. The van der Waals surface area contributed by atoms with Gasteiger partial charge in [0, 0.05) is 101 Å². The highest BCUT2D eigenvalue weighted by atomic mass is 32.2. The Hall–Kier alpha value is -9.18. The number of benzene rings is 4. The van der Waals surface area contributed by atoms with Gasteiger partial charge in [-0.1, -0.05) is 72.1 Å². The molecule has 0 saturated carbocycles. The number of carbonyl (C=O) groups is 5. The van der Waals surface area contributed by atoms with E-state index in [4.69, 9.17) is 68.1 Å². The van der Waals surface area contributed by atoms with Gasteiger partial charge in [0.05, 0.1) is 31.8 Å². The third-order valence-electron chi connectivity index (χ3n) is 14.0. The number of ether oxygens (including phenoxy) is 6. The van der Waals surface area contributed by atoms with Crippen molar-refractivity contribution in [2.24, 2.45) is 16.0 Å². The molecule has 29 heteroatoms. The number of nitrogens with two attached hydrogens (primary N) is 1. The molecule has 6 rings (SSSR count). The minimum absolute atomic E-state index is 0.00114. The number of amides is 3. The minimum Gasteiger partial charge on any atom is -0.491 e. The highest BCUT2D eigenvalue weighted by Crippen LogP contribution is 2.47. The number of para-hydroxylation sites is 1. The quantitative estimate of drug-likeness (QED) is 0.00850. The summed E-state index contributed by atoms with van der Waals surface area (Å²) < 4.78 is 59.3. The monoisotopic (exact) mass is 1280 g/mol. The summed E-state index contributed by atoms with van der Waals surface area (Å²) in [4.78, 5) is 66.1. The van der Waals surface area contributed by atoms with Gasteiger partial charge < -0.3 is 65.2 Å². The fourth-order valence-electron chi connectivity index (χ4n) is 9.77. The third kappa shape index (κ3) is 25.0. The van der Waals surface area contributed by atoms with Gasteiger partial charge in [0.15, 0.2) is 18.2 Å². The van der Waals surface area contributed by atoms with Crippen molar-refractivity contribution in [1.82, 2.24) is 16.0 Å². The average Bonchev–Trinajstić information content (AvgIpc) is 1.61. The van der Waals surface area contributed by atoms with Crippen molar-refractivity contribution in [1.29, 1.82) is 0 Å². The van der Waals surface area contributed by atoms with Gasteiger partial charge in [0.25, 0.3) is 11.8 Å². The number of carboxylic acids is 2. The van der Waals surface area contributed by atoms with Crippen LogP contribution in [0, 0.1) is 6.92 Å². The highest BCUT2D eigenvalue weighted by Gasteiger charge is 2.44. The Morgan fingerprint density at radius 2 is 1.25 bits per heavy atom. The van der Waals surface area contributed by atoms with Gasteiger partial charge in [-0.15, -0.1) is 12.6 Å². The molecule has 91 heavy (non-hydrogen) atoms. The number of allylic oxidation sites excluding steroid dienone is 4. The van der Waals surface area contributed by atoms with Crippen molar-refractivity contribution in [2.75, 3.05) is 97.0 Å². The van der Waals surface area contributed by atoms with Crippen molar-refractivity contribution >= 4 is 57.4 Å². The Kier molecular flexibility index (Phi) is 31.9.